The van der Waals surface area contributed by atoms with Gasteiger partial charge in [-0.05, 0) is 54.1 Å². The molecule has 47 heavy (non-hydrogen) atoms. The van der Waals surface area contributed by atoms with E-state index in [-0.39, 0.29) is 32.6 Å². The monoisotopic (exact) mass is 835 g/mol. The molecule has 4 aromatic rings. The summed E-state index contributed by atoms with van der Waals surface area (Å²) in [5.41, 5.74) is 6.78. The lowest BCUT2D eigenvalue weighted by atomic mass is 10.2. The van der Waals surface area contributed by atoms with Gasteiger partial charge in [0.1, 0.15) is 21.3 Å². The van der Waals surface area contributed by atoms with Crippen LogP contribution in [0, 0.1) is 0 Å². The van der Waals surface area contributed by atoms with Gasteiger partial charge in [-0.25, -0.2) is 26.4 Å². The first-order valence-electron chi connectivity index (χ1n) is 12.7. The van der Waals surface area contributed by atoms with Crippen molar-refractivity contribution < 1.29 is 45.4 Å². The van der Waals surface area contributed by atoms with Gasteiger partial charge in [-0.1, -0.05) is 31.9 Å². The van der Waals surface area contributed by atoms with Crippen molar-refractivity contribution in [2.45, 2.75) is 15.5 Å². The van der Waals surface area contributed by atoms with Crippen molar-refractivity contribution in [1.82, 2.24) is 9.97 Å². The number of nitrogens with two attached hydrogens (primary N) is 1. The lowest BCUT2D eigenvalue weighted by molar-refractivity contribution is 0.0591. The third-order valence-corrected chi connectivity index (χ3v) is 9.63. The highest BCUT2D eigenvalue weighted by Gasteiger charge is 2.22. The maximum atomic E-state index is 12.6. The summed E-state index contributed by atoms with van der Waals surface area (Å²) in [6, 6.07) is 12.3. The molecular formula is C29H28Br2ClN3O10S2. The summed E-state index contributed by atoms with van der Waals surface area (Å²) in [6.45, 7) is 0. The van der Waals surface area contributed by atoms with Gasteiger partial charge in [-0.15, -0.1) is 0 Å². The molecule has 0 bridgehead atoms. The summed E-state index contributed by atoms with van der Waals surface area (Å²) in [4.78, 5) is 30.0. The number of sulfone groups is 1. The summed E-state index contributed by atoms with van der Waals surface area (Å²) >= 11 is 6.39. The number of carbonyl (C=O) groups excluding carboxylic acids is 2. The van der Waals surface area contributed by atoms with Crippen molar-refractivity contribution in [2.24, 2.45) is 0 Å². The van der Waals surface area contributed by atoms with Crippen molar-refractivity contribution in [3.05, 3.63) is 99.0 Å². The van der Waals surface area contributed by atoms with Crippen molar-refractivity contribution in [3.63, 3.8) is 0 Å². The number of methoxy groups -OCH3 is 4. The number of aromatic nitrogens is 2. The number of nitrogens with zero attached hydrogens (tertiary/aromatic N) is 2. The topological polar surface area (TPSA) is 191 Å². The van der Waals surface area contributed by atoms with E-state index in [4.69, 9.17) is 25.9 Å². The second-order valence-electron chi connectivity index (χ2n) is 8.86. The zero-order valence-electron chi connectivity index (χ0n) is 25.1. The van der Waals surface area contributed by atoms with Crippen molar-refractivity contribution in [2.75, 3.05) is 34.2 Å². The summed E-state index contributed by atoms with van der Waals surface area (Å²) in [5.74, 6) is -0.817. The molecule has 0 saturated carbocycles. The Hall–Kier alpha value is -3.77. The molecule has 0 atom stereocenters. The fourth-order valence-electron chi connectivity index (χ4n) is 3.52. The lowest BCUT2D eigenvalue weighted by Gasteiger charge is -2.10. The molecule has 0 amide bonds. The van der Waals surface area contributed by atoms with Crippen molar-refractivity contribution in [1.29, 1.82) is 0 Å². The molecule has 0 aliphatic heterocycles. The molecule has 0 aliphatic rings. The number of rotatable bonds is 8. The first kappa shape index (κ1) is 39.4. The van der Waals surface area contributed by atoms with Gasteiger partial charge in [0.05, 0.1) is 51.0 Å². The zero-order chi connectivity index (χ0) is 35.4. The normalized spacial score (nSPS) is 10.7. The largest absolute Gasteiger partial charge is 0.495 e. The summed E-state index contributed by atoms with van der Waals surface area (Å²) < 4.78 is 67.6. The van der Waals surface area contributed by atoms with Crippen LogP contribution in [0.1, 0.15) is 26.3 Å². The molecule has 0 radical (unpaired) electrons. The lowest BCUT2D eigenvalue weighted by Crippen LogP contribution is -2.09. The first-order valence-corrected chi connectivity index (χ1v) is 18.3. The van der Waals surface area contributed by atoms with Crippen LogP contribution in [0.4, 0.5) is 5.69 Å². The first-order chi connectivity index (χ1) is 22.1. The number of nitrogen functional groups attached to an aromatic ring is 1. The molecule has 2 aromatic heterocycles. The Balaban J connectivity index is 0.000000270. The Morgan fingerprint density at radius 2 is 1.19 bits per heavy atom. The summed E-state index contributed by atoms with van der Waals surface area (Å²) in [6.07, 6.45) is 5.59. The number of anilines is 1. The number of ether oxygens (including phenoxy) is 4. The van der Waals surface area contributed by atoms with Crippen LogP contribution in [0.25, 0.3) is 0 Å². The minimum Gasteiger partial charge on any atom is -0.495 e. The van der Waals surface area contributed by atoms with Crippen LogP contribution < -0.4 is 15.2 Å². The van der Waals surface area contributed by atoms with Gasteiger partial charge in [0.2, 0.25) is 0 Å². The number of esters is 2. The molecule has 0 fully saturated rings. The molecule has 2 aromatic carbocycles. The number of hydrogen-bond acceptors (Lipinski definition) is 13. The molecule has 4 rings (SSSR count). The van der Waals surface area contributed by atoms with E-state index >= 15 is 0 Å². The van der Waals surface area contributed by atoms with E-state index in [1.165, 1.54) is 83.6 Å². The van der Waals surface area contributed by atoms with E-state index in [2.05, 4.69) is 51.3 Å². The van der Waals surface area contributed by atoms with Crippen LogP contribution in [0.5, 0.6) is 11.5 Å². The Morgan fingerprint density at radius 3 is 1.66 bits per heavy atom. The molecule has 0 saturated heterocycles. The molecule has 0 unspecified atom stereocenters. The van der Waals surface area contributed by atoms with E-state index < -0.39 is 30.8 Å². The molecule has 0 aliphatic carbocycles. The molecular weight excluding hydrogens is 810 g/mol. The van der Waals surface area contributed by atoms with Crippen LogP contribution in [0.15, 0.2) is 92.1 Å². The van der Waals surface area contributed by atoms with Gasteiger partial charge >= 0.3 is 11.9 Å². The molecule has 252 valence electrons. The second kappa shape index (κ2) is 18.0. The number of pyridine rings is 2. The Kier molecular flexibility index (Phi) is 15.1. The van der Waals surface area contributed by atoms with Crippen molar-refractivity contribution in [3.8, 4) is 11.5 Å². The summed E-state index contributed by atoms with van der Waals surface area (Å²) in [7, 11) is 3.11. The fraction of sp³-hybridized carbons (Fsp3) is 0.172. The highest BCUT2D eigenvalue weighted by atomic mass is 79.9. The molecule has 13 nitrogen and oxygen atoms in total. The van der Waals surface area contributed by atoms with Gasteiger partial charge in [-0.2, -0.15) is 0 Å². The Morgan fingerprint density at radius 1 is 0.723 bits per heavy atom. The number of halogens is 3. The minimum absolute atomic E-state index is 0.0361. The minimum atomic E-state index is -3.75. The van der Waals surface area contributed by atoms with Crippen molar-refractivity contribution >= 4 is 79.1 Å². The average Bonchev–Trinajstić information content (AvgIpc) is 3.04. The van der Waals surface area contributed by atoms with Crippen LogP contribution in [-0.4, -0.2) is 67.2 Å². The van der Waals surface area contributed by atoms with Gasteiger partial charge < -0.3 is 24.7 Å². The molecule has 2 N–H and O–H groups in total. The Labute approximate surface area is 293 Å². The standard InChI is InChI=1S/C15H14BrNO5S.C7H6BrClO3S.C7H8N2O2/c1-21-13-4-3-12(16)6-14(13)23(19,20)9-10-5-11(8-17-7-10)15(18)22-2;1-12-6-3-2-5(8)4-7(6)13(9,10)11;1-11-7(10)5-2-6(8)4-9-3-5/h3-8H,9H2,1-2H3;2-4H,1H3;2-4H,8H2,1H3. The van der Waals surface area contributed by atoms with Crippen LogP contribution in [-0.2, 0) is 34.1 Å². The van der Waals surface area contributed by atoms with Gasteiger partial charge in [0.15, 0.2) is 9.84 Å². The maximum Gasteiger partial charge on any atom is 0.339 e. The quantitative estimate of drug-likeness (QED) is 0.174. The molecule has 0 spiro atoms. The second-order valence-corrected chi connectivity index (χ2v) is 15.2. The maximum absolute atomic E-state index is 12.6. The van der Waals surface area contributed by atoms with Crippen LogP contribution in [0.3, 0.4) is 0 Å². The highest BCUT2D eigenvalue weighted by Crippen LogP contribution is 2.30. The van der Waals surface area contributed by atoms with E-state index in [0.29, 0.717) is 25.8 Å². The summed E-state index contributed by atoms with van der Waals surface area (Å²) in [5, 5.41) is 0. The zero-order valence-corrected chi connectivity index (χ0v) is 30.7. The van der Waals surface area contributed by atoms with E-state index in [0.717, 1.165) is 0 Å². The van der Waals surface area contributed by atoms with Crippen LogP contribution >= 0.6 is 42.5 Å². The SMILES string of the molecule is COC(=O)c1cncc(CS(=O)(=O)c2cc(Br)ccc2OC)c1.COC(=O)c1cncc(N)c1.COc1ccc(Br)cc1S(=O)(=O)Cl. The highest BCUT2D eigenvalue weighted by molar-refractivity contribution is 9.10. The number of benzene rings is 2. The molecule has 18 heteroatoms. The third-order valence-electron chi connectivity index (χ3n) is 5.60. The van der Waals surface area contributed by atoms with Gasteiger partial charge in [-0.3, -0.25) is 9.97 Å². The smallest absolute Gasteiger partial charge is 0.339 e. The van der Waals surface area contributed by atoms with Gasteiger partial charge in [0.25, 0.3) is 9.05 Å². The predicted molar refractivity (Wildman–Crippen MR) is 181 cm³/mol. The van der Waals surface area contributed by atoms with E-state index in [9.17, 15) is 26.4 Å². The predicted octanol–water partition coefficient (Wildman–Crippen LogP) is 5.45. The fourth-order valence-corrected chi connectivity index (χ4v) is 7.08. The van der Waals surface area contributed by atoms with E-state index in [1.807, 2.05) is 0 Å². The van der Waals surface area contributed by atoms with Gasteiger partial charge in [0, 0.05) is 44.4 Å². The molecule has 2 heterocycles. The Bertz CT molecular complexity index is 1950. The number of carbonyl (C=O) groups is 2. The third kappa shape index (κ3) is 12.1. The number of hydrogen-bond donors (Lipinski definition) is 1. The van der Waals surface area contributed by atoms with E-state index in [1.54, 1.807) is 18.2 Å². The van der Waals surface area contributed by atoms with Crippen LogP contribution in [0.2, 0.25) is 0 Å². The average molecular weight is 838 g/mol.